The van der Waals surface area contributed by atoms with Crippen LogP contribution in [-0.4, -0.2) is 30.0 Å². The molecule has 0 bridgehead atoms. The molecule has 0 unspecified atom stereocenters. The second-order valence-corrected chi connectivity index (χ2v) is 11.6. The molecule has 1 aliphatic rings. The molecule has 5 rings (SSSR count). The Morgan fingerprint density at radius 1 is 1.09 bits per heavy atom. The van der Waals surface area contributed by atoms with Gasteiger partial charge in [0, 0.05) is 22.0 Å². The van der Waals surface area contributed by atoms with Crippen LogP contribution in [0.15, 0.2) is 89.4 Å². The zero-order chi connectivity index (χ0) is 24.6. The Morgan fingerprint density at radius 2 is 1.86 bits per heavy atom. The Labute approximate surface area is 211 Å². The molecule has 178 valence electrons. The molecule has 2 atom stereocenters. The summed E-state index contributed by atoms with van der Waals surface area (Å²) in [5.74, 6) is -0.711. The molecule has 35 heavy (non-hydrogen) atoms. The number of hydrogen-bond donors (Lipinski definition) is 2. The lowest BCUT2D eigenvalue weighted by Gasteiger charge is -2.15. The lowest BCUT2D eigenvalue weighted by atomic mass is 10.1. The van der Waals surface area contributed by atoms with Crippen LogP contribution in [0, 0.1) is 0 Å². The van der Waals surface area contributed by atoms with Crippen molar-refractivity contribution in [1.82, 2.24) is 9.71 Å². The number of nitrogens with zero attached hydrogens (tertiary/aromatic N) is 1. The minimum Gasteiger partial charge on any atom is -0.480 e. The van der Waals surface area contributed by atoms with Crippen molar-refractivity contribution < 1.29 is 23.1 Å². The van der Waals surface area contributed by atoms with Gasteiger partial charge in [-0.05, 0) is 66.1 Å². The third-order valence-corrected chi connectivity index (χ3v) is 9.15. The van der Waals surface area contributed by atoms with Crippen molar-refractivity contribution >= 4 is 38.9 Å². The number of benzene rings is 2. The first-order valence-electron chi connectivity index (χ1n) is 10.6. The van der Waals surface area contributed by atoms with Crippen molar-refractivity contribution in [3.8, 4) is 21.9 Å². The average molecular weight is 527 g/mol. The van der Waals surface area contributed by atoms with Crippen molar-refractivity contribution in [2.75, 3.05) is 0 Å². The van der Waals surface area contributed by atoms with Crippen LogP contribution in [0.5, 0.6) is 11.5 Å². The fourth-order valence-corrected chi connectivity index (χ4v) is 6.76. The molecule has 1 fully saturated rings. The van der Waals surface area contributed by atoms with E-state index >= 15 is 0 Å². The highest BCUT2D eigenvalue weighted by Gasteiger charge is 2.63. The van der Waals surface area contributed by atoms with Gasteiger partial charge in [-0.3, -0.25) is 9.78 Å². The van der Waals surface area contributed by atoms with Crippen molar-refractivity contribution in [2.24, 2.45) is 0 Å². The minimum atomic E-state index is -4.07. The van der Waals surface area contributed by atoms with Gasteiger partial charge in [0.1, 0.15) is 21.2 Å². The lowest BCUT2D eigenvalue weighted by molar-refractivity contribution is -0.140. The second kappa shape index (κ2) is 9.09. The van der Waals surface area contributed by atoms with E-state index < -0.39 is 27.4 Å². The summed E-state index contributed by atoms with van der Waals surface area (Å²) in [6.45, 7) is 0. The maximum atomic E-state index is 13.2. The summed E-state index contributed by atoms with van der Waals surface area (Å²) in [5, 5.41) is 10.6. The van der Waals surface area contributed by atoms with E-state index in [1.807, 2.05) is 0 Å². The van der Waals surface area contributed by atoms with Crippen LogP contribution in [0.3, 0.4) is 0 Å². The molecular formula is C25H19ClN2O5S2. The number of halogens is 1. The number of nitrogens with one attached hydrogen (secondary N) is 1. The van der Waals surface area contributed by atoms with Crippen molar-refractivity contribution in [3.05, 3.63) is 95.8 Å². The Morgan fingerprint density at radius 3 is 2.57 bits per heavy atom. The van der Waals surface area contributed by atoms with Crippen LogP contribution in [-0.2, 0) is 14.8 Å². The highest BCUT2D eigenvalue weighted by Crippen LogP contribution is 2.53. The molecule has 2 heterocycles. The number of carbonyl (C=O) groups is 1. The monoisotopic (exact) mass is 526 g/mol. The van der Waals surface area contributed by atoms with Gasteiger partial charge in [0.05, 0.1) is 6.20 Å². The summed E-state index contributed by atoms with van der Waals surface area (Å²) < 4.78 is 34.6. The van der Waals surface area contributed by atoms with E-state index in [1.54, 1.807) is 79.1 Å². The van der Waals surface area contributed by atoms with E-state index in [2.05, 4.69) is 9.71 Å². The fraction of sp³-hybridized carbons (Fsp3) is 0.120. The lowest BCUT2D eigenvalue weighted by Crippen LogP contribution is -2.44. The number of ether oxygens (including phenoxy) is 1. The summed E-state index contributed by atoms with van der Waals surface area (Å²) in [4.78, 5) is 17.0. The summed E-state index contributed by atoms with van der Waals surface area (Å²) in [6, 6.07) is 20.7. The predicted molar refractivity (Wildman–Crippen MR) is 134 cm³/mol. The summed E-state index contributed by atoms with van der Waals surface area (Å²) >= 11 is 7.00. The zero-order valence-corrected chi connectivity index (χ0v) is 20.5. The van der Waals surface area contributed by atoms with Crippen LogP contribution in [0.1, 0.15) is 17.9 Å². The number of sulfonamides is 1. The number of thiophene rings is 1. The highest BCUT2D eigenvalue weighted by atomic mass is 35.5. The first kappa shape index (κ1) is 23.5. The van der Waals surface area contributed by atoms with Gasteiger partial charge in [0.25, 0.3) is 10.0 Å². The van der Waals surface area contributed by atoms with E-state index in [0.29, 0.717) is 22.1 Å². The predicted octanol–water partition coefficient (Wildman–Crippen LogP) is 5.55. The molecule has 7 nitrogen and oxygen atoms in total. The topological polar surface area (TPSA) is 106 Å². The van der Waals surface area contributed by atoms with E-state index in [4.69, 9.17) is 16.3 Å². The number of aliphatic carboxylic acids is 1. The molecule has 0 spiro atoms. The molecular weight excluding hydrogens is 508 g/mol. The zero-order valence-electron chi connectivity index (χ0n) is 18.1. The quantitative estimate of drug-likeness (QED) is 0.312. The standard InChI is InChI=1S/C25H19ClN2O5S2/c26-18-8-6-16(7-9-18)22-10-11-23(34-22)35(31,32)28-25(24(29)30)14-21(25)17-3-1-4-19(13-17)33-20-5-2-12-27-15-20/h1-13,15,21,28H,14H2,(H,29,30)/t21-,25+/m0/s1. The molecule has 4 aromatic rings. The maximum absolute atomic E-state index is 13.2. The summed E-state index contributed by atoms with van der Waals surface area (Å²) in [6.07, 6.45) is 3.33. The number of rotatable bonds is 8. The molecule has 2 aromatic carbocycles. The number of carboxylic acid groups (broad SMARTS) is 1. The number of hydrogen-bond acceptors (Lipinski definition) is 6. The van der Waals surface area contributed by atoms with Gasteiger partial charge >= 0.3 is 5.97 Å². The maximum Gasteiger partial charge on any atom is 0.325 e. The Balaban J connectivity index is 1.37. The molecule has 10 heteroatoms. The van der Waals surface area contributed by atoms with Crippen LogP contribution < -0.4 is 9.46 Å². The SMILES string of the molecule is O=C(O)[C@@]1(NS(=O)(=O)c2ccc(-c3ccc(Cl)cc3)s2)C[C@H]1c1cccc(Oc2cccnc2)c1. The van der Waals surface area contributed by atoms with Gasteiger partial charge in [-0.1, -0.05) is 35.9 Å². The van der Waals surface area contributed by atoms with Crippen molar-refractivity contribution in [1.29, 1.82) is 0 Å². The smallest absolute Gasteiger partial charge is 0.325 e. The average Bonchev–Trinajstić information content (AvgIpc) is 3.33. The van der Waals surface area contributed by atoms with Gasteiger partial charge in [0.15, 0.2) is 0 Å². The summed E-state index contributed by atoms with van der Waals surface area (Å²) in [5.41, 5.74) is -0.135. The molecule has 0 saturated heterocycles. The van der Waals surface area contributed by atoms with E-state index in [-0.39, 0.29) is 10.6 Å². The number of pyridine rings is 1. The van der Waals surface area contributed by atoms with Gasteiger partial charge in [-0.15, -0.1) is 11.3 Å². The van der Waals surface area contributed by atoms with Gasteiger partial charge in [0.2, 0.25) is 0 Å². The van der Waals surface area contributed by atoms with E-state index in [0.717, 1.165) is 21.8 Å². The third-order valence-electron chi connectivity index (χ3n) is 5.76. The largest absolute Gasteiger partial charge is 0.480 e. The van der Waals surface area contributed by atoms with Crippen molar-refractivity contribution in [2.45, 2.75) is 22.1 Å². The Kier molecular flexibility index (Phi) is 6.10. The van der Waals surface area contributed by atoms with Gasteiger partial charge in [-0.25, -0.2) is 8.42 Å². The van der Waals surface area contributed by atoms with E-state index in [9.17, 15) is 18.3 Å². The van der Waals surface area contributed by atoms with Gasteiger partial charge in [-0.2, -0.15) is 4.72 Å². The number of aromatic nitrogens is 1. The first-order valence-corrected chi connectivity index (χ1v) is 13.3. The molecule has 0 radical (unpaired) electrons. The Hall–Kier alpha value is -3.24. The minimum absolute atomic E-state index is 0.0439. The molecule has 0 amide bonds. The molecule has 1 aliphatic carbocycles. The molecule has 0 aliphatic heterocycles. The summed E-state index contributed by atoms with van der Waals surface area (Å²) in [7, 11) is -4.07. The Bertz CT molecular complexity index is 1490. The third kappa shape index (κ3) is 4.81. The van der Waals surface area contributed by atoms with Crippen LogP contribution in [0.4, 0.5) is 0 Å². The molecule has 2 aromatic heterocycles. The number of carboxylic acids is 1. The molecule has 2 N–H and O–H groups in total. The highest BCUT2D eigenvalue weighted by molar-refractivity contribution is 7.91. The first-order chi connectivity index (χ1) is 16.8. The van der Waals surface area contributed by atoms with E-state index in [1.165, 1.54) is 6.07 Å². The fourth-order valence-electron chi connectivity index (χ4n) is 3.92. The van der Waals surface area contributed by atoms with Crippen LogP contribution >= 0.6 is 22.9 Å². The van der Waals surface area contributed by atoms with Crippen molar-refractivity contribution in [3.63, 3.8) is 0 Å². The second-order valence-electron chi connectivity index (χ2n) is 8.13. The molecule has 1 saturated carbocycles. The normalized spacial score (nSPS) is 19.3. The van der Waals surface area contributed by atoms with Crippen LogP contribution in [0.25, 0.3) is 10.4 Å². The van der Waals surface area contributed by atoms with Gasteiger partial charge < -0.3 is 9.84 Å². The van der Waals surface area contributed by atoms with Crippen LogP contribution in [0.2, 0.25) is 5.02 Å².